The lowest BCUT2D eigenvalue weighted by Gasteiger charge is -2.05. The van der Waals surface area contributed by atoms with Crippen molar-refractivity contribution in [2.75, 3.05) is 6.26 Å². The van der Waals surface area contributed by atoms with Crippen molar-refractivity contribution >= 4 is 15.6 Å². The van der Waals surface area contributed by atoms with Gasteiger partial charge >= 0.3 is 0 Å². The molecule has 0 saturated carbocycles. The third-order valence-electron chi connectivity index (χ3n) is 1.82. The molecule has 1 rings (SSSR count). The Kier molecular flexibility index (Phi) is 2.56. The summed E-state index contributed by atoms with van der Waals surface area (Å²) in [7, 11) is -3.32. The average Bonchev–Trinajstić information content (AvgIpc) is 2.51. The summed E-state index contributed by atoms with van der Waals surface area (Å²) in [5, 5.41) is -1.01. The summed E-state index contributed by atoms with van der Waals surface area (Å²) in [5.41, 5.74) is 0.290. The molecule has 1 aromatic rings. The lowest BCUT2D eigenvalue weighted by Crippen LogP contribution is -2.25. The summed E-state index contributed by atoms with van der Waals surface area (Å²) in [5.74, 6) is -0.434. The summed E-state index contributed by atoms with van der Waals surface area (Å²) >= 11 is 0. The minimum atomic E-state index is -3.32. The maximum Gasteiger partial charge on any atom is 0.183 e. The molecule has 0 saturated heterocycles. The van der Waals surface area contributed by atoms with Gasteiger partial charge in [-0.05, 0) is 13.0 Å². The van der Waals surface area contributed by atoms with Gasteiger partial charge in [-0.2, -0.15) is 0 Å². The smallest absolute Gasteiger partial charge is 0.183 e. The van der Waals surface area contributed by atoms with Crippen molar-refractivity contribution in [1.82, 2.24) is 0 Å². The van der Waals surface area contributed by atoms with E-state index in [2.05, 4.69) is 4.42 Å². The fourth-order valence-electron chi connectivity index (χ4n) is 0.834. The number of hydrogen-bond donors (Lipinski definition) is 0. The standard InChI is InChI=1S/C8H10O4S/c1-6(13(2,10)11)8(9)7-3-4-12-5-7/h3-6H,1-2H3. The van der Waals surface area contributed by atoms with Gasteiger partial charge in [-0.3, -0.25) is 4.79 Å². The Morgan fingerprint density at radius 3 is 2.54 bits per heavy atom. The van der Waals surface area contributed by atoms with Crippen molar-refractivity contribution in [3.05, 3.63) is 24.2 Å². The van der Waals surface area contributed by atoms with Crippen LogP contribution in [0.1, 0.15) is 17.3 Å². The molecule has 4 nitrogen and oxygen atoms in total. The molecule has 0 aliphatic heterocycles. The first-order valence-electron chi connectivity index (χ1n) is 3.68. The summed E-state index contributed by atoms with van der Waals surface area (Å²) < 4.78 is 26.7. The van der Waals surface area contributed by atoms with E-state index in [9.17, 15) is 13.2 Å². The molecule has 0 spiro atoms. The molecule has 0 aliphatic carbocycles. The molecule has 0 aromatic carbocycles. The third-order valence-corrected chi connectivity index (χ3v) is 3.32. The first-order chi connectivity index (χ1) is 5.93. The zero-order chi connectivity index (χ0) is 10.1. The van der Waals surface area contributed by atoms with Gasteiger partial charge in [-0.15, -0.1) is 0 Å². The molecular weight excluding hydrogens is 192 g/mol. The van der Waals surface area contributed by atoms with E-state index in [-0.39, 0.29) is 5.56 Å². The molecule has 0 bridgehead atoms. The Bertz CT molecular complexity index is 388. The van der Waals surface area contributed by atoms with E-state index in [1.54, 1.807) is 0 Å². The number of sulfone groups is 1. The Morgan fingerprint density at radius 1 is 1.54 bits per heavy atom. The van der Waals surface area contributed by atoms with Crippen LogP contribution >= 0.6 is 0 Å². The van der Waals surface area contributed by atoms with Crippen molar-refractivity contribution in [2.45, 2.75) is 12.2 Å². The number of ketones is 1. The summed E-state index contributed by atoms with van der Waals surface area (Å²) in [6, 6.07) is 1.45. The maximum atomic E-state index is 11.4. The molecule has 0 amide bonds. The van der Waals surface area contributed by atoms with E-state index < -0.39 is 20.9 Å². The van der Waals surface area contributed by atoms with Crippen molar-refractivity contribution in [3.8, 4) is 0 Å². The highest BCUT2D eigenvalue weighted by atomic mass is 32.2. The van der Waals surface area contributed by atoms with E-state index >= 15 is 0 Å². The molecular formula is C8H10O4S. The second-order valence-electron chi connectivity index (χ2n) is 2.85. The number of rotatable bonds is 3. The Hall–Kier alpha value is -1.10. The van der Waals surface area contributed by atoms with Gasteiger partial charge in [0.2, 0.25) is 0 Å². The molecule has 13 heavy (non-hydrogen) atoms. The molecule has 1 unspecified atom stereocenters. The van der Waals surface area contributed by atoms with Gasteiger partial charge in [0, 0.05) is 6.26 Å². The largest absolute Gasteiger partial charge is 0.472 e. The Balaban J connectivity index is 2.94. The van der Waals surface area contributed by atoms with Crippen LogP contribution in [0.3, 0.4) is 0 Å². The second kappa shape index (κ2) is 3.33. The van der Waals surface area contributed by atoms with Gasteiger partial charge in [0.15, 0.2) is 15.6 Å². The van der Waals surface area contributed by atoms with E-state index in [0.29, 0.717) is 0 Å². The van der Waals surface area contributed by atoms with Gasteiger partial charge in [0.05, 0.1) is 11.8 Å². The summed E-state index contributed by atoms with van der Waals surface area (Å²) in [4.78, 5) is 11.4. The highest BCUT2D eigenvalue weighted by Crippen LogP contribution is 2.09. The fourth-order valence-corrected chi connectivity index (χ4v) is 1.36. The number of carbonyl (C=O) groups excluding carboxylic acids is 1. The highest BCUT2D eigenvalue weighted by Gasteiger charge is 2.25. The normalized spacial score (nSPS) is 14.0. The average molecular weight is 202 g/mol. The van der Waals surface area contributed by atoms with Gasteiger partial charge in [0.1, 0.15) is 11.5 Å². The number of hydrogen-bond acceptors (Lipinski definition) is 4. The Labute approximate surface area is 76.5 Å². The third kappa shape index (κ3) is 2.18. The number of furan rings is 1. The molecule has 72 valence electrons. The summed E-state index contributed by atoms with van der Waals surface area (Å²) in [6.45, 7) is 1.37. The minimum absolute atomic E-state index is 0.290. The van der Waals surface area contributed by atoms with Crippen LogP contribution in [0.2, 0.25) is 0 Å². The van der Waals surface area contributed by atoms with Crippen LogP contribution in [0.25, 0.3) is 0 Å². The van der Waals surface area contributed by atoms with Crippen LogP contribution in [0.4, 0.5) is 0 Å². The van der Waals surface area contributed by atoms with E-state index in [1.165, 1.54) is 25.5 Å². The van der Waals surface area contributed by atoms with Crippen LogP contribution < -0.4 is 0 Å². The molecule has 0 radical (unpaired) electrons. The minimum Gasteiger partial charge on any atom is -0.472 e. The topological polar surface area (TPSA) is 64.3 Å². The molecule has 1 aromatic heterocycles. The SMILES string of the molecule is CC(C(=O)c1ccoc1)S(C)(=O)=O. The highest BCUT2D eigenvalue weighted by molar-refractivity contribution is 7.92. The quantitative estimate of drug-likeness (QED) is 0.683. The van der Waals surface area contributed by atoms with Crippen LogP contribution in [-0.2, 0) is 9.84 Å². The lowest BCUT2D eigenvalue weighted by atomic mass is 10.2. The second-order valence-corrected chi connectivity index (χ2v) is 5.21. The zero-order valence-electron chi connectivity index (χ0n) is 7.35. The molecule has 5 heteroatoms. The van der Waals surface area contributed by atoms with Crippen molar-refractivity contribution in [1.29, 1.82) is 0 Å². The van der Waals surface area contributed by atoms with Crippen molar-refractivity contribution in [3.63, 3.8) is 0 Å². The van der Waals surface area contributed by atoms with Crippen LogP contribution in [0, 0.1) is 0 Å². The van der Waals surface area contributed by atoms with Crippen LogP contribution in [-0.4, -0.2) is 25.7 Å². The van der Waals surface area contributed by atoms with E-state index in [1.807, 2.05) is 0 Å². The van der Waals surface area contributed by atoms with Crippen molar-refractivity contribution < 1.29 is 17.6 Å². The first kappa shape index (κ1) is 9.98. The van der Waals surface area contributed by atoms with Gasteiger partial charge < -0.3 is 4.42 Å². The zero-order valence-corrected chi connectivity index (χ0v) is 8.17. The first-order valence-corrected chi connectivity index (χ1v) is 5.63. The summed E-state index contributed by atoms with van der Waals surface area (Å²) in [6.07, 6.45) is 3.61. The fraction of sp³-hybridized carbons (Fsp3) is 0.375. The molecule has 0 aliphatic rings. The van der Waals surface area contributed by atoms with Gasteiger partial charge in [0.25, 0.3) is 0 Å². The number of Topliss-reactive ketones (excluding diaryl/α,β-unsaturated/α-hetero) is 1. The van der Waals surface area contributed by atoms with Gasteiger partial charge in [-0.1, -0.05) is 0 Å². The lowest BCUT2D eigenvalue weighted by molar-refractivity contribution is 0.0991. The molecule has 1 atom stereocenters. The molecule has 0 fully saturated rings. The monoisotopic (exact) mass is 202 g/mol. The van der Waals surface area contributed by atoms with E-state index in [0.717, 1.165) is 6.26 Å². The molecule has 0 N–H and O–H groups in total. The van der Waals surface area contributed by atoms with Crippen molar-refractivity contribution in [2.24, 2.45) is 0 Å². The number of carbonyl (C=O) groups is 1. The Morgan fingerprint density at radius 2 is 2.15 bits per heavy atom. The maximum absolute atomic E-state index is 11.4. The van der Waals surface area contributed by atoms with E-state index in [4.69, 9.17) is 0 Å². The van der Waals surface area contributed by atoms with Crippen LogP contribution in [0.5, 0.6) is 0 Å². The predicted octanol–water partition coefficient (Wildman–Crippen LogP) is 0.895. The van der Waals surface area contributed by atoms with Gasteiger partial charge in [-0.25, -0.2) is 8.42 Å². The molecule has 1 heterocycles. The predicted molar refractivity (Wildman–Crippen MR) is 47.3 cm³/mol. The van der Waals surface area contributed by atoms with Crippen LogP contribution in [0.15, 0.2) is 23.0 Å².